The van der Waals surface area contributed by atoms with E-state index in [9.17, 15) is 9.59 Å². The molecule has 1 amide bonds. The first-order valence-corrected chi connectivity index (χ1v) is 8.91. The van der Waals surface area contributed by atoms with E-state index in [4.69, 9.17) is 5.11 Å². The van der Waals surface area contributed by atoms with Gasteiger partial charge in [-0.25, -0.2) is 0 Å². The molecule has 0 saturated heterocycles. The maximum atomic E-state index is 11.6. The van der Waals surface area contributed by atoms with E-state index in [1.165, 1.54) is 4.88 Å². The normalized spacial score (nSPS) is 10.5. The van der Waals surface area contributed by atoms with Crippen molar-refractivity contribution < 1.29 is 14.7 Å². The van der Waals surface area contributed by atoms with Crippen LogP contribution in [0.5, 0.6) is 0 Å². The van der Waals surface area contributed by atoms with Crippen molar-refractivity contribution in [3.05, 3.63) is 20.8 Å². The van der Waals surface area contributed by atoms with Crippen LogP contribution in [0.15, 0.2) is 15.9 Å². The number of hydrogen-bond donors (Lipinski definition) is 2. The van der Waals surface area contributed by atoms with Gasteiger partial charge in [-0.1, -0.05) is 12.8 Å². The molecule has 1 rings (SSSR count). The van der Waals surface area contributed by atoms with Crippen molar-refractivity contribution in [3.8, 4) is 0 Å². The number of nitrogens with one attached hydrogen (secondary N) is 1. The highest BCUT2D eigenvalue weighted by atomic mass is 79.9. The lowest BCUT2D eigenvalue weighted by atomic mass is 10.1. The Morgan fingerprint density at radius 3 is 2.52 bits per heavy atom. The molecule has 2 N–H and O–H groups in total. The van der Waals surface area contributed by atoms with Crippen LogP contribution in [0.2, 0.25) is 0 Å². The number of aryl methyl sites for hydroxylation is 1. The fourth-order valence-electron chi connectivity index (χ4n) is 1.98. The lowest BCUT2D eigenvalue weighted by Crippen LogP contribution is -2.24. The molecule has 118 valence electrons. The number of carboxylic acid groups (broad SMARTS) is 1. The molecule has 0 radical (unpaired) electrons. The molecule has 0 aliphatic rings. The van der Waals surface area contributed by atoms with Crippen molar-refractivity contribution in [2.45, 2.75) is 51.4 Å². The van der Waals surface area contributed by atoms with Crippen LogP contribution >= 0.6 is 27.3 Å². The van der Waals surface area contributed by atoms with E-state index in [1.807, 2.05) is 6.07 Å². The minimum atomic E-state index is -0.735. The fraction of sp³-hybridized carbons (Fsp3) is 0.600. The quantitative estimate of drug-likeness (QED) is 0.574. The molecular weight excluding hydrogens is 354 g/mol. The Labute approximate surface area is 138 Å². The third-order valence-electron chi connectivity index (χ3n) is 3.10. The molecule has 0 aliphatic heterocycles. The maximum Gasteiger partial charge on any atom is 0.303 e. The number of amides is 1. The third-order valence-corrected chi connectivity index (χ3v) is 4.78. The number of unbranched alkanes of at least 4 members (excludes halogenated alkanes) is 3. The van der Waals surface area contributed by atoms with Gasteiger partial charge in [0.05, 0.1) is 3.79 Å². The smallest absolute Gasteiger partial charge is 0.303 e. The summed E-state index contributed by atoms with van der Waals surface area (Å²) in [4.78, 5) is 23.2. The van der Waals surface area contributed by atoms with Crippen molar-refractivity contribution in [2.24, 2.45) is 0 Å². The van der Waals surface area contributed by atoms with Crippen molar-refractivity contribution in [2.75, 3.05) is 6.54 Å². The van der Waals surface area contributed by atoms with Crippen LogP contribution in [0.25, 0.3) is 0 Å². The Morgan fingerprint density at radius 1 is 1.10 bits per heavy atom. The van der Waals surface area contributed by atoms with Gasteiger partial charge in [0.25, 0.3) is 0 Å². The zero-order valence-electron chi connectivity index (χ0n) is 12.1. The van der Waals surface area contributed by atoms with Gasteiger partial charge in [-0.15, -0.1) is 11.3 Å². The summed E-state index contributed by atoms with van der Waals surface area (Å²) in [7, 11) is 0. The van der Waals surface area contributed by atoms with Gasteiger partial charge in [-0.2, -0.15) is 0 Å². The molecular formula is C15H22BrNO3S. The highest BCUT2D eigenvalue weighted by Gasteiger charge is 2.03. The van der Waals surface area contributed by atoms with Crippen LogP contribution < -0.4 is 5.32 Å². The fourth-order valence-corrected chi connectivity index (χ4v) is 3.51. The zero-order valence-corrected chi connectivity index (χ0v) is 14.5. The minimum absolute atomic E-state index is 0.108. The molecule has 1 heterocycles. The molecule has 0 bridgehead atoms. The SMILES string of the molecule is O=C(O)CCCCCCNC(=O)CCCc1ccc(Br)s1. The Morgan fingerprint density at radius 2 is 1.86 bits per heavy atom. The van der Waals surface area contributed by atoms with Crippen LogP contribution in [-0.4, -0.2) is 23.5 Å². The molecule has 0 saturated carbocycles. The second kappa shape index (κ2) is 10.8. The van der Waals surface area contributed by atoms with Crippen molar-refractivity contribution in [1.29, 1.82) is 0 Å². The Kier molecular flexibility index (Phi) is 9.34. The molecule has 6 heteroatoms. The molecule has 1 aromatic heterocycles. The monoisotopic (exact) mass is 375 g/mol. The summed E-state index contributed by atoms with van der Waals surface area (Å²) in [6.45, 7) is 0.691. The minimum Gasteiger partial charge on any atom is -0.481 e. The molecule has 0 aromatic carbocycles. The van der Waals surface area contributed by atoms with Crippen LogP contribution in [-0.2, 0) is 16.0 Å². The Balaban J connectivity index is 1.93. The number of carbonyl (C=O) groups is 2. The zero-order chi connectivity index (χ0) is 15.5. The van der Waals surface area contributed by atoms with Crippen molar-refractivity contribution >= 4 is 39.1 Å². The van der Waals surface area contributed by atoms with E-state index in [-0.39, 0.29) is 12.3 Å². The van der Waals surface area contributed by atoms with E-state index in [0.29, 0.717) is 13.0 Å². The molecule has 0 aliphatic carbocycles. The average Bonchev–Trinajstić information content (AvgIpc) is 2.83. The van der Waals surface area contributed by atoms with Crippen LogP contribution in [0, 0.1) is 0 Å². The van der Waals surface area contributed by atoms with Crippen molar-refractivity contribution in [3.63, 3.8) is 0 Å². The summed E-state index contributed by atoms with van der Waals surface area (Å²) in [5, 5.41) is 11.4. The van der Waals surface area contributed by atoms with E-state index in [1.54, 1.807) is 11.3 Å². The Bertz CT molecular complexity index is 448. The second-order valence-electron chi connectivity index (χ2n) is 4.97. The van der Waals surface area contributed by atoms with E-state index < -0.39 is 5.97 Å². The lowest BCUT2D eigenvalue weighted by molar-refractivity contribution is -0.137. The van der Waals surface area contributed by atoms with Gasteiger partial charge in [-0.3, -0.25) is 9.59 Å². The molecule has 0 atom stereocenters. The van der Waals surface area contributed by atoms with Gasteiger partial charge >= 0.3 is 5.97 Å². The topological polar surface area (TPSA) is 66.4 Å². The summed E-state index contributed by atoms with van der Waals surface area (Å²) in [6.07, 6.45) is 6.14. The molecule has 0 spiro atoms. The van der Waals surface area contributed by atoms with E-state index in [0.717, 1.165) is 42.3 Å². The van der Waals surface area contributed by atoms with Gasteiger partial charge in [0.1, 0.15) is 0 Å². The molecule has 1 aromatic rings. The lowest BCUT2D eigenvalue weighted by Gasteiger charge is -2.04. The molecule has 0 unspecified atom stereocenters. The second-order valence-corrected chi connectivity index (χ2v) is 7.51. The number of carbonyl (C=O) groups excluding carboxylic acids is 1. The van der Waals surface area contributed by atoms with Gasteiger partial charge in [-0.05, 0) is 53.7 Å². The summed E-state index contributed by atoms with van der Waals surface area (Å²) in [5.74, 6) is -0.628. The highest BCUT2D eigenvalue weighted by Crippen LogP contribution is 2.23. The predicted molar refractivity (Wildman–Crippen MR) is 88.7 cm³/mol. The Hall–Kier alpha value is -0.880. The number of rotatable bonds is 11. The van der Waals surface area contributed by atoms with E-state index >= 15 is 0 Å². The first kappa shape index (κ1) is 18.2. The molecule has 21 heavy (non-hydrogen) atoms. The summed E-state index contributed by atoms with van der Waals surface area (Å²) >= 11 is 5.14. The van der Waals surface area contributed by atoms with Gasteiger partial charge in [0, 0.05) is 24.3 Å². The average molecular weight is 376 g/mol. The predicted octanol–water partition coefficient (Wildman–Crippen LogP) is 3.98. The van der Waals surface area contributed by atoms with Crippen LogP contribution in [0.3, 0.4) is 0 Å². The highest BCUT2D eigenvalue weighted by molar-refractivity contribution is 9.11. The van der Waals surface area contributed by atoms with Crippen LogP contribution in [0.4, 0.5) is 0 Å². The van der Waals surface area contributed by atoms with E-state index in [2.05, 4.69) is 27.3 Å². The summed E-state index contributed by atoms with van der Waals surface area (Å²) in [6, 6.07) is 4.12. The van der Waals surface area contributed by atoms with Gasteiger partial charge < -0.3 is 10.4 Å². The molecule has 4 nitrogen and oxygen atoms in total. The maximum absolute atomic E-state index is 11.6. The van der Waals surface area contributed by atoms with Gasteiger partial charge in [0.15, 0.2) is 0 Å². The first-order valence-electron chi connectivity index (χ1n) is 7.30. The number of hydrogen-bond acceptors (Lipinski definition) is 3. The van der Waals surface area contributed by atoms with Crippen molar-refractivity contribution in [1.82, 2.24) is 5.32 Å². The molecule has 0 fully saturated rings. The summed E-state index contributed by atoms with van der Waals surface area (Å²) < 4.78 is 1.13. The number of carboxylic acids is 1. The first-order chi connectivity index (χ1) is 10.1. The van der Waals surface area contributed by atoms with Crippen LogP contribution in [0.1, 0.15) is 49.8 Å². The third kappa shape index (κ3) is 9.63. The standard InChI is InChI=1S/C15H22BrNO3S/c16-13-10-9-12(21-13)6-5-7-14(18)17-11-4-2-1-3-8-15(19)20/h9-10H,1-8,11H2,(H,17,18)(H,19,20). The largest absolute Gasteiger partial charge is 0.481 e. The number of aliphatic carboxylic acids is 1. The number of thiophene rings is 1. The van der Waals surface area contributed by atoms with Gasteiger partial charge in [0.2, 0.25) is 5.91 Å². The summed E-state index contributed by atoms with van der Waals surface area (Å²) in [5.41, 5.74) is 0. The number of halogens is 1.